The summed E-state index contributed by atoms with van der Waals surface area (Å²) in [5.41, 5.74) is 0. The van der Waals surface area contributed by atoms with Gasteiger partial charge < -0.3 is 19.9 Å². The molecule has 0 aliphatic carbocycles. The summed E-state index contributed by atoms with van der Waals surface area (Å²) < 4.78 is 5.36. The minimum atomic E-state index is 0.663. The van der Waals surface area contributed by atoms with Gasteiger partial charge in [0.2, 0.25) is 5.88 Å². The molecule has 0 spiro atoms. The van der Waals surface area contributed by atoms with E-state index >= 15 is 0 Å². The minimum absolute atomic E-state index is 0.663. The predicted molar refractivity (Wildman–Crippen MR) is 85.0 cm³/mol. The second-order valence-corrected chi connectivity index (χ2v) is 6.65. The van der Waals surface area contributed by atoms with Gasteiger partial charge in [0.1, 0.15) is 0 Å². The van der Waals surface area contributed by atoms with E-state index in [2.05, 4.69) is 22.2 Å². The Morgan fingerprint density at radius 1 is 1.45 bits per heavy atom. The van der Waals surface area contributed by atoms with Gasteiger partial charge in [-0.15, -0.1) is 0 Å². The molecular formula is C14H26N4OS. The number of likely N-dealkylation sites (tertiary alicyclic amines) is 1. The Morgan fingerprint density at radius 2 is 2.25 bits per heavy atom. The molecule has 20 heavy (non-hydrogen) atoms. The minimum Gasteiger partial charge on any atom is -0.480 e. The molecule has 0 bridgehead atoms. The maximum atomic E-state index is 5.36. The van der Waals surface area contributed by atoms with Crippen molar-refractivity contribution in [1.29, 1.82) is 0 Å². The molecular weight excluding hydrogens is 272 g/mol. The van der Waals surface area contributed by atoms with Crippen molar-refractivity contribution < 1.29 is 4.74 Å². The van der Waals surface area contributed by atoms with Crippen LogP contribution >= 0.6 is 11.3 Å². The molecule has 1 aliphatic rings. The van der Waals surface area contributed by atoms with E-state index in [9.17, 15) is 0 Å². The number of hydrogen-bond donors (Lipinski definition) is 1. The number of piperidine rings is 1. The first-order chi connectivity index (χ1) is 9.61. The summed E-state index contributed by atoms with van der Waals surface area (Å²) in [5.74, 6) is 0.753. The molecule has 2 rings (SSSR count). The van der Waals surface area contributed by atoms with Gasteiger partial charge in [0.05, 0.1) is 12.0 Å². The average Bonchev–Trinajstić information content (AvgIpc) is 2.84. The van der Waals surface area contributed by atoms with Crippen LogP contribution in [-0.2, 0) is 6.54 Å². The molecule has 5 nitrogen and oxygen atoms in total. The van der Waals surface area contributed by atoms with Crippen LogP contribution in [0.15, 0.2) is 0 Å². The van der Waals surface area contributed by atoms with Crippen molar-refractivity contribution in [2.24, 2.45) is 0 Å². The lowest BCUT2D eigenvalue weighted by atomic mass is 10.0. The molecule has 6 heteroatoms. The first kappa shape index (κ1) is 15.5. The van der Waals surface area contributed by atoms with Gasteiger partial charge >= 0.3 is 0 Å². The number of methoxy groups -OCH3 is 1. The number of nitrogens with zero attached hydrogens (tertiary/aromatic N) is 3. The molecule has 1 N–H and O–H groups in total. The third kappa shape index (κ3) is 3.84. The summed E-state index contributed by atoms with van der Waals surface area (Å²) in [6, 6.07) is 0.663. The second-order valence-electron chi connectivity index (χ2n) is 5.58. The predicted octanol–water partition coefficient (Wildman–Crippen LogP) is 1.79. The number of rotatable bonds is 6. The lowest BCUT2D eigenvalue weighted by molar-refractivity contribution is 0.181. The van der Waals surface area contributed by atoms with Gasteiger partial charge in [0.15, 0.2) is 5.13 Å². The highest BCUT2D eigenvalue weighted by Gasteiger charge is 2.19. The summed E-state index contributed by atoms with van der Waals surface area (Å²) in [6.07, 6.45) is 3.99. The Hall–Kier alpha value is -0.850. The van der Waals surface area contributed by atoms with E-state index in [-0.39, 0.29) is 0 Å². The molecule has 1 aromatic rings. The van der Waals surface area contributed by atoms with Crippen molar-refractivity contribution in [1.82, 2.24) is 15.2 Å². The molecule has 1 atom stereocenters. The van der Waals surface area contributed by atoms with E-state index in [1.807, 2.05) is 19.0 Å². The van der Waals surface area contributed by atoms with Crippen molar-refractivity contribution in [2.75, 3.05) is 46.2 Å². The Morgan fingerprint density at radius 3 is 2.90 bits per heavy atom. The fourth-order valence-electron chi connectivity index (χ4n) is 2.54. The highest BCUT2D eigenvalue weighted by atomic mass is 32.1. The summed E-state index contributed by atoms with van der Waals surface area (Å²) in [6.45, 7) is 3.09. The van der Waals surface area contributed by atoms with Crippen LogP contribution in [-0.4, -0.2) is 57.3 Å². The largest absolute Gasteiger partial charge is 0.480 e. The molecule has 1 aliphatic heterocycles. The van der Waals surface area contributed by atoms with Crippen LogP contribution in [0.1, 0.15) is 24.1 Å². The Balaban J connectivity index is 1.87. The van der Waals surface area contributed by atoms with Crippen LogP contribution in [0.4, 0.5) is 5.13 Å². The lowest BCUT2D eigenvalue weighted by Crippen LogP contribution is -2.42. The highest BCUT2D eigenvalue weighted by molar-refractivity contribution is 7.15. The first-order valence-electron chi connectivity index (χ1n) is 7.23. The summed E-state index contributed by atoms with van der Waals surface area (Å²) in [4.78, 5) is 10.1. The SMILES string of the molecule is COc1nc(N(C)C)sc1CNCC1CCCCN1C. The van der Waals surface area contributed by atoms with Crippen LogP contribution in [0.5, 0.6) is 5.88 Å². The number of nitrogens with one attached hydrogen (secondary N) is 1. The zero-order valence-corrected chi connectivity index (χ0v) is 13.8. The Labute approximate surface area is 125 Å². The van der Waals surface area contributed by atoms with Crippen LogP contribution in [0.3, 0.4) is 0 Å². The summed E-state index contributed by atoms with van der Waals surface area (Å²) in [5, 5.41) is 4.55. The van der Waals surface area contributed by atoms with Gasteiger partial charge in [-0.25, -0.2) is 0 Å². The van der Waals surface area contributed by atoms with E-state index in [0.29, 0.717) is 6.04 Å². The number of ether oxygens (including phenoxy) is 1. The zero-order valence-electron chi connectivity index (χ0n) is 13.0. The number of anilines is 1. The highest BCUT2D eigenvalue weighted by Crippen LogP contribution is 2.30. The van der Waals surface area contributed by atoms with E-state index in [4.69, 9.17) is 4.74 Å². The number of aromatic nitrogens is 1. The normalized spacial score (nSPS) is 20.1. The summed E-state index contributed by atoms with van der Waals surface area (Å²) >= 11 is 1.69. The maximum Gasteiger partial charge on any atom is 0.230 e. The Kier molecular flexibility index (Phi) is 5.63. The van der Waals surface area contributed by atoms with E-state index < -0.39 is 0 Å². The van der Waals surface area contributed by atoms with Crippen LogP contribution in [0.2, 0.25) is 0 Å². The maximum absolute atomic E-state index is 5.36. The standard InChI is InChI=1S/C14H26N4OS/c1-17(2)14-16-13(19-4)12(20-14)10-15-9-11-7-5-6-8-18(11)3/h11,15H,5-10H2,1-4H3. The fraction of sp³-hybridized carbons (Fsp3) is 0.786. The van der Waals surface area contributed by atoms with Crippen molar-refractivity contribution >= 4 is 16.5 Å². The quantitative estimate of drug-likeness (QED) is 0.867. The van der Waals surface area contributed by atoms with Gasteiger partial charge in [0.25, 0.3) is 0 Å². The Bertz CT molecular complexity index is 421. The third-order valence-corrected chi connectivity index (χ3v) is 5.02. The second kappa shape index (κ2) is 7.24. The van der Waals surface area contributed by atoms with Crippen LogP contribution in [0.25, 0.3) is 0 Å². The van der Waals surface area contributed by atoms with Crippen molar-refractivity contribution in [2.45, 2.75) is 31.8 Å². The van der Waals surface area contributed by atoms with Gasteiger partial charge in [-0.3, -0.25) is 0 Å². The van der Waals surface area contributed by atoms with Crippen molar-refractivity contribution in [3.8, 4) is 5.88 Å². The third-order valence-electron chi connectivity index (χ3n) is 3.81. The first-order valence-corrected chi connectivity index (χ1v) is 8.05. The van der Waals surface area contributed by atoms with E-state index in [0.717, 1.165) is 24.1 Å². The lowest BCUT2D eigenvalue weighted by Gasteiger charge is -2.32. The number of hydrogen-bond acceptors (Lipinski definition) is 6. The number of thiazole rings is 1. The van der Waals surface area contributed by atoms with Crippen molar-refractivity contribution in [3.05, 3.63) is 4.88 Å². The smallest absolute Gasteiger partial charge is 0.230 e. The number of likely N-dealkylation sites (N-methyl/N-ethyl adjacent to an activating group) is 1. The molecule has 0 aromatic carbocycles. The van der Waals surface area contributed by atoms with E-state index in [1.165, 1.54) is 30.7 Å². The molecule has 0 amide bonds. The molecule has 0 saturated carbocycles. The topological polar surface area (TPSA) is 40.6 Å². The van der Waals surface area contributed by atoms with Gasteiger partial charge in [-0.2, -0.15) is 4.98 Å². The van der Waals surface area contributed by atoms with Crippen LogP contribution < -0.4 is 15.0 Å². The molecule has 1 fully saturated rings. The average molecular weight is 298 g/mol. The summed E-state index contributed by atoms with van der Waals surface area (Å²) in [7, 11) is 7.93. The van der Waals surface area contributed by atoms with Crippen LogP contribution in [0, 0.1) is 0 Å². The molecule has 2 heterocycles. The van der Waals surface area contributed by atoms with Gasteiger partial charge in [-0.05, 0) is 26.4 Å². The van der Waals surface area contributed by atoms with E-state index in [1.54, 1.807) is 18.4 Å². The molecule has 114 valence electrons. The monoisotopic (exact) mass is 298 g/mol. The molecule has 1 unspecified atom stereocenters. The zero-order chi connectivity index (χ0) is 14.5. The van der Waals surface area contributed by atoms with Gasteiger partial charge in [-0.1, -0.05) is 17.8 Å². The fourth-order valence-corrected chi connectivity index (χ4v) is 3.46. The van der Waals surface area contributed by atoms with Crippen molar-refractivity contribution in [3.63, 3.8) is 0 Å². The van der Waals surface area contributed by atoms with Gasteiger partial charge in [0, 0.05) is 33.2 Å². The molecule has 0 radical (unpaired) electrons. The molecule has 1 aromatic heterocycles. The molecule has 1 saturated heterocycles.